The molecule has 0 spiro atoms. The molecule has 204 valence electrons. The highest BCUT2D eigenvalue weighted by Crippen LogP contribution is 2.31. The number of nitrogens with zero attached hydrogens (tertiary/aromatic N) is 1. The van der Waals surface area contributed by atoms with Crippen LogP contribution in [0.4, 0.5) is 0 Å². The number of nitrogens with one attached hydrogen (secondary N) is 1. The van der Waals surface area contributed by atoms with Crippen molar-refractivity contribution >= 4 is 34.0 Å². The molecule has 1 aliphatic carbocycles. The quantitative estimate of drug-likeness (QED) is 0.130. The summed E-state index contributed by atoms with van der Waals surface area (Å²) in [6.07, 6.45) is 13.0. The van der Waals surface area contributed by atoms with Gasteiger partial charge >= 0.3 is 0 Å². The summed E-state index contributed by atoms with van der Waals surface area (Å²) in [7, 11) is 0. The fourth-order valence-corrected chi connectivity index (χ4v) is 5.20. The smallest absolute Gasteiger partial charge is 0.157 e. The van der Waals surface area contributed by atoms with E-state index in [2.05, 4.69) is 23.2 Å². The largest absolute Gasteiger partial charge is 0.508 e. The van der Waals surface area contributed by atoms with Gasteiger partial charge in [0.2, 0.25) is 0 Å². The third kappa shape index (κ3) is 10.6. The molecule has 1 atom stereocenters. The second-order valence-electron chi connectivity index (χ2n) is 9.79. The molecule has 1 unspecified atom stereocenters. The molecule has 0 fully saturated rings. The topological polar surface area (TPSA) is 76.0 Å². The van der Waals surface area contributed by atoms with E-state index in [0.717, 1.165) is 44.3 Å². The van der Waals surface area contributed by atoms with Crippen molar-refractivity contribution in [3.63, 3.8) is 0 Å². The van der Waals surface area contributed by atoms with E-state index < -0.39 is 0 Å². The Bertz CT molecular complexity index is 882. The Morgan fingerprint density at radius 2 is 1.58 bits per heavy atom. The molecule has 1 aliphatic rings. The molecule has 0 radical (unpaired) electrons. The highest BCUT2D eigenvalue weighted by atomic mass is 79.9. The Morgan fingerprint density at radius 1 is 0.833 bits per heavy atom. The summed E-state index contributed by atoms with van der Waals surface area (Å²) in [4.78, 5) is 2.70. The fraction of sp³-hybridized carbons (Fsp3) is 0.586. The molecule has 0 bridgehead atoms. The number of hydrogen-bond acceptors (Lipinski definition) is 5. The van der Waals surface area contributed by atoms with Crippen LogP contribution in [0.2, 0.25) is 0 Å². The van der Waals surface area contributed by atoms with Gasteiger partial charge in [-0.15, -0.1) is 34.0 Å². The second kappa shape index (κ2) is 18.1. The lowest BCUT2D eigenvalue weighted by atomic mass is 9.86. The number of benzene rings is 2. The highest BCUT2D eigenvalue weighted by Gasteiger charge is 2.24. The first kappa shape index (κ1) is 32.7. The van der Waals surface area contributed by atoms with Gasteiger partial charge in [-0.3, -0.25) is 0 Å². The monoisotopic (exact) mass is 628 g/mol. The number of aromatic hydroxyl groups is 3. The van der Waals surface area contributed by atoms with Crippen molar-refractivity contribution in [2.24, 2.45) is 0 Å². The summed E-state index contributed by atoms with van der Waals surface area (Å²) in [6.45, 7) is 6.57. The average Bonchev–Trinajstić information content (AvgIpc) is 2.84. The zero-order valence-electron chi connectivity index (χ0n) is 21.8. The summed E-state index contributed by atoms with van der Waals surface area (Å²) in [5.41, 5.74) is 3.55. The minimum atomic E-state index is -0.0595. The van der Waals surface area contributed by atoms with E-state index in [1.807, 2.05) is 18.2 Å². The van der Waals surface area contributed by atoms with Crippen LogP contribution >= 0.6 is 34.0 Å². The minimum Gasteiger partial charge on any atom is -0.508 e. The van der Waals surface area contributed by atoms with Crippen molar-refractivity contribution in [2.75, 3.05) is 26.2 Å². The van der Waals surface area contributed by atoms with Crippen molar-refractivity contribution in [3.05, 3.63) is 53.1 Å². The standard InChI is InChI=1S/C29H44N2O3.2BrH/c1-2-19-31(25-13-14-26-24(22-25)10-9-11-27(26)32)20-8-6-4-3-5-7-17-30-18-16-23-12-15-28(33)29(34)21-23;;/h9-12,15,21,25,30,32-34H,2-8,13-14,16-20,22H2,1H3;2*1H. The van der Waals surface area contributed by atoms with Gasteiger partial charge in [0.1, 0.15) is 5.75 Å². The van der Waals surface area contributed by atoms with Crippen molar-refractivity contribution < 1.29 is 15.3 Å². The van der Waals surface area contributed by atoms with E-state index in [9.17, 15) is 15.3 Å². The molecule has 0 saturated heterocycles. The average molecular weight is 631 g/mol. The van der Waals surface area contributed by atoms with Crippen molar-refractivity contribution in [1.29, 1.82) is 0 Å². The first-order valence-electron chi connectivity index (χ1n) is 13.3. The Balaban J connectivity index is 0.00000324. The molecule has 2 aromatic carbocycles. The molecular weight excluding hydrogens is 584 g/mol. The molecule has 0 aliphatic heterocycles. The molecule has 3 rings (SSSR count). The van der Waals surface area contributed by atoms with Crippen LogP contribution in [0.25, 0.3) is 0 Å². The van der Waals surface area contributed by atoms with Crippen LogP contribution in [0.15, 0.2) is 36.4 Å². The van der Waals surface area contributed by atoms with Gasteiger partial charge < -0.3 is 25.5 Å². The number of unbranched alkanes of at least 4 members (excludes halogenated alkanes) is 5. The maximum atomic E-state index is 10.1. The molecule has 2 aromatic rings. The van der Waals surface area contributed by atoms with Gasteiger partial charge in [-0.1, -0.05) is 50.8 Å². The second-order valence-corrected chi connectivity index (χ2v) is 9.79. The molecule has 4 N–H and O–H groups in total. The van der Waals surface area contributed by atoms with E-state index in [1.165, 1.54) is 69.2 Å². The van der Waals surface area contributed by atoms with Crippen molar-refractivity contribution in [1.82, 2.24) is 10.2 Å². The van der Waals surface area contributed by atoms with E-state index in [4.69, 9.17) is 0 Å². The Labute approximate surface area is 238 Å². The third-order valence-electron chi connectivity index (χ3n) is 7.14. The number of rotatable bonds is 15. The lowest BCUT2D eigenvalue weighted by Gasteiger charge is -2.35. The maximum Gasteiger partial charge on any atom is 0.157 e. The van der Waals surface area contributed by atoms with Crippen LogP contribution in [0.5, 0.6) is 17.2 Å². The van der Waals surface area contributed by atoms with Crippen LogP contribution in [-0.4, -0.2) is 52.4 Å². The van der Waals surface area contributed by atoms with Crippen LogP contribution in [0.3, 0.4) is 0 Å². The van der Waals surface area contributed by atoms with Crippen molar-refractivity contribution in [3.8, 4) is 17.2 Å². The lowest BCUT2D eigenvalue weighted by molar-refractivity contribution is 0.175. The number of phenols is 3. The van der Waals surface area contributed by atoms with Gasteiger partial charge in [0.15, 0.2) is 11.5 Å². The van der Waals surface area contributed by atoms with Gasteiger partial charge in [-0.2, -0.15) is 0 Å². The van der Waals surface area contributed by atoms with Crippen molar-refractivity contribution in [2.45, 2.75) is 83.6 Å². The summed E-state index contributed by atoms with van der Waals surface area (Å²) < 4.78 is 0. The number of hydrogen-bond donors (Lipinski definition) is 4. The number of halogens is 2. The molecule has 0 aromatic heterocycles. The summed E-state index contributed by atoms with van der Waals surface area (Å²) in [6, 6.07) is 11.7. The van der Waals surface area contributed by atoms with Gasteiger partial charge in [-0.25, -0.2) is 0 Å². The van der Waals surface area contributed by atoms with Gasteiger partial charge in [0.05, 0.1) is 0 Å². The first-order valence-corrected chi connectivity index (χ1v) is 13.3. The zero-order valence-corrected chi connectivity index (χ0v) is 25.2. The molecule has 36 heavy (non-hydrogen) atoms. The molecule has 7 heteroatoms. The van der Waals surface area contributed by atoms with Gasteiger partial charge in [0, 0.05) is 6.04 Å². The molecule has 0 heterocycles. The van der Waals surface area contributed by atoms with E-state index in [-0.39, 0.29) is 45.5 Å². The molecule has 5 nitrogen and oxygen atoms in total. The van der Waals surface area contributed by atoms with Crippen LogP contribution in [0, 0.1) is 0 Å². The molecular formula is C29H46Br2N2O3. The summed E-state index contributed by atoms with van der Waals surface area (Å²) in [5, 5.41) is 32.5. The predicted molar refractivity (Wildman–Crippen MR) is 160 cm³/mol. The zero-order chi connectivity index (χ0) is 24.2. The van der Waals surface area contributed by atoms with Gasteiger partial charge in [0.25, 0.3) is 0 Å². The Kier molecular flexibility index (Phi) is 16.4. The highest BCUT2D eigenvalue weighted by molar-refractivity contribution is 8.93. The van der Waals surface area contributed by atoms with E-state index >= 15 is 0 Å². The first-order chi connectivity index (χ1) is 16.6. The third-order valence-corrected chi connectivity index (χ3v) is 7.14. The lowest BCUT2D eigenvalue weighted by Crippen LogP contribution is -2.40. The molecule has 0 saturated carbocycles. The number of fused-ring (bicyclic) bond motifs is 1. The van der Waals surface area contributed by atoms with Crippen LogP contribution in [0.1, 0.15) is 75.0 Å². The van der Waals surface area contributed by atoms with E-state index in [0.29, 0.717) is 11.8 Å². The normalized spacial score (nSPS) is 14.7. The Morgan fingerprint density at radius 3 is 2.33 bits per heavy atom. The fourth-order valence-electron chi connectivity index (χ4n) is 5.20. The van der Waals surface area contributed by atoms with Crippen LogP contribution in [-0.2, 0) is 19.3 Å². The predicted octanol–water partition coefficient (Wildman–Crippen LogP) is 6.70. The molecule has 0 amide bonds. The van der Waals surface area contributed by atoms with E-state index in [1.54, 1.807) is 12.1 Å². The minimum absolute atomic E-state index is 0. The summed E-state index contributed by atoms with van der Waals surface area (Å²) in [5.74, 6) is 0.376. The number of phenolic OH excluding ortho intramolecular Hbond substituents is 3. The SMILES string of the molecule is Br.Br.CCCN(CCCCCCCCNCCc1ccc(O)c(O)c1)C1CCc2c(O)cccc2C1. The van der Waals surface area contributed by atoms with Gasteiger partial charge in [-0.05, 0) is 106 Å². The summed E-state index contributed by atoms with van der Waals surface area (Å²) >= 11 is 0. The maximum absolute atomic E-state index is 10.1. The Hall–Kier alpha value is -1.28. The van der Waals surface area contributed by atoms with Crippen LogP contribution < -0.4 is 5.32 Å².